The van der Waals surface area contributed by atoms with E-state index in [2.05, 4.69) is 4.98 Å². The van der Waals surface area contributed by atoms with Gasteiger partial charge < -0.3 is 4.74 Å². The predicted molar refractivity (Wildman–Crippen MR) is 74.3 cm³/mol. The molecule has 0 radical (unpaired) electrons. The van der Waals surface area contributed by atoms with Crippen LogP contribution >= 0.6 is 0 Å². The lowest BCUT2D eigenvalue weighted by atomic mass is 10.2. The number of rotatable bonds is 4. The van der Waals surface area contributed by atoms with Crippen molar-refractivity contribution < 1.29 is 4.74 Å². The van der Waals surface area contributed by atoms with Crippen LogP contribution in [0.15, 0.2) is 36.5 Å². The molecule has 2 aromatic rings. The summed E-state index contributed by atoms with van der Waals surface area (Å²) in [5.41, 5.74) is 1.94. The van der Waals surface area contributed by atoms with Crippen LogP contribution in [0.2, 0.25) is 0 Å². The Morgan fingerprint density at radius 1 is 1.26 bits per heavy atom. The first-order chi connectivity index (χ1) is 9.29. The van der Waals surface area contributed by atoms with Crippen LogP contribution in [0.5, 0.6) is 0 Å². The second-order valence-corrected chi connectivity index (χ2v) is 3.75. The third kappa shape index (κ3) is 4.57. The molecule has 19 heavy (non-hydrogen) atoms. The first kappa shape index (κ1) is 14.9. The lowest BCUT2D eigenvalue weighted by Gasteiger charge is -2.05. The van der Waals surface area contributed by atoms with Gasteiger partial charge in [0.05, 0.1) is 12.3 Å². The Morgan fingerprint density at radius 2 is 1.95 bits per heavy atom. The molecule has 0 unspecified atom stereocenters. The number of aromatic nitrogens is 2. The maximum absolute atomic E-state index is 8.86. The molecule has 1 aromatic heterocycles. The molecular formula is C15H19N3O. The molecule has 0 saturated carbocycles. The van der Waals surface area contributed by atoms with Crippen molar-refractivity contribution in [2.24, 2.45) is 0 Å². The van der Waals surface area contributed by atoms with Crippen molar-refractivity contribution in [3.05, 3.63) is 53.6 Å². The summed E-state index contributed by atoms with van der Waals surface area (Å²) in [6, 6.07) is 12.0. The fourth-order valence-electron chi connectivity index (χ4n) is 1.57. The van der Waals surface area contributed by atoms with Gasteiger partial charge in [-0.3, -0.25) is 4.57 Å². The molecule has 4 heteroatoms. The van der Waals surface area contributed by atoms with Gasteiger partial charge in [0.15, 0.2) is 0 Å². The van der Waals surface area contributed by atoms with Gasteiger partial charge in [0, 0.05) is 6.20 Å². The number of imidazole rings is 1. The molecule has 0 N–H and O–H groups in total. The molecule has 1 heterocycles. The van der Waals surface area contributed by atoms with Gasteiger partial charge >= 0.3 is 0 Å². The summed E-state index contributed by atoms with van der Waals surface area (Å²) in [6.07, 6.45) is 1.81. The fraction of sp³-hybridized carbons (Fsp3) is 0.333. The number of hydrogen-bond acceptors (Lipinski definition) is 3. The van der Waals surface area contributed by atoms with Crippen LogP contribution in [-0.2, 0) is 18.1 Å². The monoisotopic (exact) mass is 257 g/mol. The molecular weight excluding hydrogens is 238 g/mol. The normalized spacial score (nSPS) is 9.37. The maximum Gasteiger partial charge on any atom is 0.214 e. The van der Waals surface area contributed by atoms with Gasteiger partial charge in [0.2, 0.25) is 5.82 Å². The molecule has 0 fully saturated rings. The zero-order chi connectivity index (χ0) is 14.1. The van der Waals surface area contributed by atoms with Gasteiger partial charge in [-0.1, -0.05) is 44.2 Å². The highest BCUT2D eigenvalue weighted by molar-refractivity contribution is 5.15. The van der Waals surface area contributed by atoms with Crippen LogP contribution in [0.25, 0.3) is 0 Å². The molecule has 0 atom stereocenters. The number of nitrogens with zero attached hydrogens (tertiary/aromatic N) is 3. The third-order valence-corrected chi connectivity index (χ3v) is 2.34. The molecule has 0 spiro atoms. The number of hydrogen-bond donors (Lipinski definition) is 0. The minimum absolute atomic E-state index is 0.346. The van der Waals surface area contributed by atoms with Gasteiger partial charge in [-0.05, 0) is 12.5 Å². The fourth-order valence-corrected chi connectivity index (χ4v) is 1.57. The summed E-state index contributed by atoms with van der Waals surface area (Å²) >= 11 is 0. The zero-order valence-electron chi connectivity index (χ0n) is 11.6. The van der Waals surface area contributed by atoms with Gasteiger partial charge in [-0.2, -0.15) is 5.26 Å². The Kier molecular flexibility index (Phi) is 6.34. The van der Waals surface area contributed by atoms with E-state index in [0.717, 1.165) is 11.3 Å². The van der Waals surface area contributed by atoms with Crippen molar-refractivity contribution in [3.63, 3.8) is 0 Å². The highest BCUT2D eigenvalue weighted by Crippen LogP contribution is 2.04. The van der Waals surface area contributed by atoms with E-state index in [9.17, 15) is 0 Å². The maximum atomic E-state index is 8.86. The van der Waals surface area contributed by atoms with E-state index < -0.39 is 0 Å². The summed E-state index contributed by atoms with van der Waals surface area (Å²) in [4.78, 5) is 4.08. The third-order valence-electron chi connectivity index (χ3n) is 2.34. The van der Waals surface area contributed by atoms with Gasteiger partial charge in [-0.15, -0.1) is 0 Å². The first-order valence-electron chi connectivity index (χ1n) is 6.35. The number of nitriles is 1. The zero-order valence-corrected chi connectivity index (χ0v) is 11.6. The van der Waals surface area contributed by atoms with Crippen LogP contribution in [0.3, 0.4) is 0 Å². The van der Waals surface area contributed by atoms with Crippen LogP contribution in [0.4, 0.5) is 0 Å². The summed E-state index contributed by atoms with van der Waals surface area (Å²) in [6.45, 7) is 6.73. The van der Waals surface area contributed by atoms with Crippen LogP contribution in [-0.4, -0.2) is 9.55 Å². The Morgan fingerprint density at radius 3 is 2.58 bits per heavy atom. The summed E-state index contributed by atoms with van der Waals surface area (Å²) in [5.74, 6) is 0.385. The molecule has 0 aliphatic rings. The van der Waals surface area contributed by atoms with E-state index in [1.807, 2.05) is 63.4 Å². The summed E-state index contributed by atoms with van der Waals surface area (Å²) in [5, 5.41) is 8.86. The van der Waals surface area contributed by atoms with Crippen molar-refractivity contribution in [3.8, 4) is 6.07 Å². The lowest BCUT2D eigenvalue weighted by Crippen LogP contribution is -2.04. The number of aryl methyl sites for hydroxylation is 1. The van der Waals surface area contributed by atoms with Gasteiger partial charge in [0.25, 0.3) is 0 Å². The Bertz CT molecular complexity index is 526. The quantitative estimate of drug-likeness (QED) is 0.844. The van der Waals surface area contributed by atoms with E-state index in [-0.39, 0.29) is 0 Å². The average molecular weight is 257 g/mol. The molecule has 0 saturated heterocycles. The first-order valence-corrected chi connectivity index (χ1v) is 6.35. The Hall–Kier alpha value is -2.12. The molecule has 0 aliphatic heterocycles. The van der Waals surface area contributed by atoms with Crippen LogP contribution in [0, 0.1) is 18.3 Å². The molecule has 0 aliphatic carbocycles. The predicted octanol–water partition coefficient (Wildman–Crippen LogP) is 3.26. The molecule has 0 amide bonds. The van der Waals surface area contributed by atoms with E-state index in [1.54, 1.807) is 4.57 Å². The van der Waals surface area contributed by atoms with E-state index in [4.69, 9.17) is 10.00 Å². The van der Waals surface area contributed by atoms with Crippen LogP contribution < -0.4 is 0 Å². The van der Waals surface area contributed by atoms with Crippen molar-refractivity contribution in [2.75, 3.05) is 0 Å². The van der Waals surface area contributed by atoms with Gasteiger partial charge in [0.1, 0.15) is 12.8 Å². The largest absolute Gasteiger partial charge is 0.356 e. The Labute approximate surface area is 114 Å². The topological polar surface area (TPSA) is 50.8 Å². The van der Waals surface area contributed by atoms with Gasteiger partial charge in [-0.25, -0.2) is 4.98 Å². The van der Waals surface area contributed by atoms with E-state index in [1.165, 1.54) is 0 Å². The average Bonchev–Trinajstić information content (AvgIpc) is 2.82. The second kappa shape index (κ2) is 8.06. The molecule has 1 aromatic carbocycles. The van der Waals surface area contributed by atoms with Crippen molar-refractivity contribution in [1.82, 2.24) is 9.55 Å². The van der Waals surface area contributed by atoms with Crippen LogP contribution in [0.1, 0.15) is 30.9 Å². The minimum atomic E-state index is 0.346. The highest BCUT2D eigenvalue weighted by atomic mass is 16.5. The van der Waals surface area contributed by atoms with Crippen molar-refractivity contribution in [2.45, 2.75) is 34.1 Å². The Balaban J connectivity index is 0.000000861. The standard InChI is InChI=1S/C13H13N3O.C2H6/c1-11-8-16(13(7-14)15-11)10-17-9-12-5-3-2-4-6-12;1-2/h2-6,8H,9-10H2,1H3;1-2H3. The summed E-state index contributed by atoms with van der Waals surface area (Å²) in [7, 11) is 0. The lowest BCUT2D eigenvalue weighted by molar-refractivity contribution is 0.0633. The van der Waals surface area contributed by atoms with E-state index >= 15 is 0 Å². The highest BCUT2D eigenvalue weighted by Gasteiger charge is 2.03. The number of benzene rings is 1. The number of ether oxygens (including phenoxy) is 1. The smallest absolute Gasteiger partial charge is 0.214 e. The minimum Gasteiger partial charge on any atom is -0.356 e. The molecule has 100 valence electrons. The molecule has 2 rings (SSSR count). The molecule has 0 bridgehead atoms. The van der Waals surface area contributed by atoms with Crippen molar-refractivity contribution >= 4 is 0 Å². The van der Waals surface area contributed by atoms with E-state index in [0.29, 0.717) is 19.2 Å². The van der Waals surface area contributed by atoms with Crippen molar-refractivity contribution in [1.29, 1.82) is 5.26 Å². The SMILES string of the molecule is CC.Cc1cn(COCc2ccccc2)c(C#N)n1. The summed E-state index contributed by atoms with van der Waals surface area (Å²) < 4.78 is 7.24. The second-order valence-electron chi connectivity index (χ2n) is 3.75. The molecule has 4 nitrogen and oxygen atoms in total.